The van der Waals surface area contributed by atoms with Crippen LogP contribution in [0.15, 0.2) is 47.4 Å². The van der Waals surface area contributed by atoms with Gasteiger partial charge < -0.3 is 5.32 Å². The number of hydrogen-bond donors (Lipinski definition) is 1. The van der Waals surface area contributed by atoms with Crippen molar-refractivity contribution in [2.75, 3.05) is 17.9 Å². The van der Waals surface area contributed by atoms with E-state index in [4.69, 9.17) is 11.6 Å². The third kappa shape index (κ3) is 4.29. The van der Waals surface area contributed by atoms with Crippen LogP contribution in [0.2, 0.25) is 5.02 Å². The van der Waals surface area contributed by atoms with E-state index in [1.165, 1.54) is 49.5 Å². The summed E-state index contributed by atoms with van der Waals surface area (Å²) in [4.78, 5) is 12.1. The first kappa shape index (κ1) is 19.2. The molecule has 134 valence electrons. The van der Waals surface area contributed by atoms with E-state index in [0.717, 1.165) is 10.7 Å². The monoisotopic (exact) mass is 384 g/mol. The normalized spacial score (nSPS) is 11.2. The van der Waals surface area contributed by atoms with Gasteiger partial charge in [0.1, 0.15) is 5.82 Å². The molecule has 2 aromatic rings. The fraction of sp³-hybridized carbons (Fsp3) is 0.235. The zero-order valence-electron chi connectivity index (χ0n) is 13.8. The van der Waals surface area contributed by atoms with E-state index >= 15 is 0 Å². The first-order valence-electron chi connectivity index (χ1n) is 7.59. The molecule has 2 aromatic carbocycles. The number of hydrogen-bond acceptors (Lipinski definition) is 3. The molecule has 1 amide bonds. The summed E-state index contributed by atoms with van der Waals surface area (Å²) in [6, 6.07) is 9.00. The number of nitrogens with one attached hydrogen (secondary N) is 1. The van der Waals surface area contributed by atoms with Crippen LogP contribution < -0.4 is 9.62 Å². The van der Waals surface area contributed by atoms with Crippen molar-refractivity contribution in [3.63, 3.8) is 0 Å². The first-order valence-corrected chi connectivity index (χ1v) is 9.41. The van der Waals surface area contributed by atoms with E-state index in [1.54, 1.807) is 0 Å². The SMILES string of the molecule is CCCNC(=O)c1cc(S(=O)(=O)N(C)c2ccc(F)cc2)ccc1Cl. The molecule has 0 aromatic heterocycles. The van der Waals surface area contributed by atoms with Gasteiger partial charge in [-0.15, -0.1) is 0 Å². The van der Waals surface area contributed by atoms with Crippen LogP contribution in [-0.2, 0) is 10.0 Å². The van der Waals surface area contributed by atoms with E-state index in [2.05, 4.69) is 5.32 Å². The summed E-state index contributed by atoms with van der Waals surface area (Å²) in [6.07, 6.45) is 0.745. The average molecular weight is 385 g/mol. The van der Waals surface area contributed by atoms with Crippen molar-refractivity contribution in [3.05, 3.63) is 58.9 Å². The predicted octanol–water partition coefficient (Wildman–Crippen LogP) is 3.44. The van der Waals surface area contributed by atoms with Crippen LogP contribution in [0.25, 0.3) is 0 Å². The number of halogens is 2. The molecule has 0 fully saturated rings. The van der Waals surface area contributed by atoms with E-state index in [1.807, 2.05) is 6.92 Å². The van der Waals surface area contributed by atoms with Crippen LogP contribution in [0.4, 0.5) is 10.1 Å². The number of amides is 1. The van der Waals surface area contributed by atoms with Crippen molar-refractivity contribution in [3.8, 4) is 0 Å². The summed E-state index contributed by atoms with van der Waals surface area (Å²) in [5.74, 6) is -0.899. The molecule has 0 aliphatic heterocycles. The van der Waals surface area contributed by atoms with Gasteiger partial charge in [0.25, 0.3) is 15.9 Å². The molecule has 0 unspecified atom stereocenters. The zero-order valence-corrected chi connectivity index (χ0v) is 15.4. The van der Waals surface area contributed by atoms with Gasteiger partial charge in [-0.05, 0) is 48.9 Å². The summed E-state index contributed by atoms with van der Waals surface area (Å²) in [6.45, 7) is 2.36. The highest BCUT2D eigenvalue weighted by Gasteiger charge is 2.23. The molecule has 0 aliphatic rings. The maximum absolute atomic E-state index is 13.0. The van der Waals surface area contributed by atoms with Gasteiger partial charge >= 0.3 is 0 Å². The number of anilines is 1. The minimum Gasteiger partial charge on any atom is -0.352 e. The van der Waals surface area contributed by atoms with E-state index < -0.39 is 21.7 Å². The highest BCUT2D eigenvalue weighted by Crippen LogP contribution is 2.26. The van der Waals surface area contributed by atoms with Gasteiger partial charge in [0.2, 0.25) is 0 Å². The van der Waals surface area contributed by atoms with Gasteiger partial charge in [0.15, 0.2) is 0 Å². The Balaban J connectivity index is 2.39. The van der Waals surface area contributed by atoms with Gasteiger partial charge in [0.05, 0.1) is 21.2 Å². The van der Waals surface area contributed by atoms with Gasteiger partial charge in [0, 0.05) is 13.6 Å². The lowest BCUT2D eigenvalue weighted by atomic mass is 10.2. The van der Waals surface area contributed by atoms with Gasteiger partial charge in [-0.1, -0.05) is 18.5 Å². The molecule has 0 spiro atoms. The molecular weight excluding hydrogens is 367 g/mol. The lowest BCUT2D eigenvalue weighted by Gasteiger charge is -2.20. The van der Waals surface area contributed by atoms with Crippen LogP contribution >= 0.6 is 11.6 Å². The molecule has 2 rings (SSSR count). The van der Waals surface area contributed by atoms with Crippen molar-refractivity contribution in [1.29, 1.82) is 0 Å². The van der Waals surface area contributed by atoms with Crippen molar-refractivity contribution >= 4 is 33.2 Å². The molecular formula is C17H18ClFN2O3S. The number of carbonyl (C=O) groups excluding carboxylic acids is 1. The third-order valence-electron chi connectivity index (χ3n) is 3.57. The summed E-state index contributed by atoms with van der Waals surface area (Å²) in [5, 5.41) is 2.83. The Morgan fingerprint density at radius 2 is 1.84 bits per heavy atom. The molecule has 8 heteroatoms. The molecule has 0 saturated heterocycles. The van der Waals surface area contributed by atoms with E-state index in [0.29, 0.717) is 12.2 Å². The molecule has 0 radical (unpaired) electrons. The van der Waals surface area contributed by atoms with E-state index in [-0.39, 0.29) is 15.5 Å². The topological polar surface area (TPSA) is 66.5 Å². The van der Waals surface area contributed by atoms with Crippen molar-refractivity contribution in [2.24, 2.45) is 0 Å². The number of nitrogens with zero attached hydrogens (tertiary/aromatic N) is 1. The van der Waals surface area contributed by atoms with Crippen LogP contribution in [0.5, 0.6) is 0 Å². The van der Waals surface area contributed by atoms with Crippen LogP contribution in [0.3, 0.4) is 0 Å². The number of rotatable bonds is 6. The minimum atomic E-state index is -3.93. The smallest absolute Gasteiger partial charge is 0.264 e. The Hall–Kier alpha value is -2.12. The maximum Gasteiger partial charge on any atom is 0.264 e. The molecule has 5 nitrogen and oxygen atoms in total. The summed E-state index contributed by atoms with van der Waals surface area (Å²) >= 11 is 6.02. The Bertz CT molecular complexity index is 870. The van der Waals surface area contributed by atoms with Crippen molar-refractivity contribution in [1.82, 2.24) is 5.32 Å². The van der Waals surface area contributed by atoms with Gasteiger partial charge in [-0.3, -0.25) is 9.10 Å². The van der Waals surface area contributed by atoms with E-state index in [9.17, 15) is 17.6 Å². The molecule has 25 heavy (non-hydrogen) atoms. The Labute approximate surface area is 151 Å². The van der Waals surface area contributed by atoms with Crippen molar-refractivity contribution < 1.29 is 17.6 Å². The number of sulfonamides is 1. The van der Waals surface area contributed by atoms with Crippen LogP contribution in [-0.4, -0.2) is 27.9 Å². The highest BCUT2D eigenvalue weighted by atomic mass is 35.5. The molecule has 1 N–H and O–H groups in total. The second-order valence-electron chi connectivity index (χ2n) is 5.35. The maximum atomic E-state index is 13.0. The molecule has 0 saturated carbocycles. The van der Waals surface area contributed by atoms with Crippen molar-refractivity contribution in [2.45, 2.75) is 18.2 Å². The predicted molar refractivity (Wildman–Crippen MR) is 96.1 cm³/mol. The van der Waals surface area contributed by atoms with Gasteiger partial charge in [-0.2, -0.15) is 0 Å². The highest BCUT2D eigenvalue weighted by molar-refractivity contribution is 7.92. The van der Waals surface area contributed by atoms with Gasteiger partial charge in [-0.25, -0.2) is 12.8 Å². The fourth-order valence-electron chi connectivity index (χ4n) is 2.12. The first-order chi connectivity index (χ1) is 11.8. The Morgan fingerprint density at radius 3 is 2.44 bits per heavy atom. The Kier molecular flexibility index (Phi) is 6.02. The lowest BCUT2D eigenvalue weighted by molar-refractivity contribution is 0.0953. The number of benzene rings is 2. The summed E-state index contributed by atoms with van der Waals surface area (Å²) in [5.41, 5.74) is 0.386. The van der Waals surface area contributed by atoms with Crippen LogP contribution in [0, 0.1) is 5.82 Å². The molecule has 0 atom stereocenters. The average Bonchev–Trinajstić information content (AvgIpc) is 2.59. The molecule has 0 bridgehead atoms. The minimum absolute atomic E-state index is 0.0784. The number of carbonyl (C=O) groups is 1. The standard InChI is InChI=1S/C17H18ClFN2O3S/c1-3-10-20-17(22)15-11-14(8-9-16(15)18)25(23,24)21(2)13-6-4-12(19)5-7-13/h4-9,11H,3,10H2,1-2H3,(H,20,22). The lowest BCUT2D eigenvalue weighted by Crippen LogP contribution is -2.28. The zero-order chi connectivity index (χ0) is 18.6. The molecule has 0 heterocycles. The summed E-state index contributed by atoms with van der Waals surface area (Å²) < 4.78 is 39.6. The fourth-order valence-corrected chi connectivity index (χ4v) is 3.55. The quantitative estimate of drug-likeness (QED) is 0.829. The second-order valence-corrected chi connectivity index (χ2v) is 7.72. The third-order valence-corrected chi connectivity index (χ3v) is 5.68. The molecule has 0 aliphatic carbocycles. The largest absolute Gasteiger partial charge is 0.352 e. The second kappa shape index (κ2) is 7.84. The Morgan fingerprint density at radius 1 is 1.20 bits per heavy atom. The van der Waals surface area contributed by atoms with Crippen LogP contribution in [0.1, 0.15) is 23.7 Å². The summed E-state index contributed by atoms with van der Waals surface area (Å²) in [7, 11) is -2.57.